The van der Waals surface area contributed by atoms with E-state index >= 15 is 0 Å². The van der Waals surface area contributed by atoms with Gasteiger partial charge in [-0.1, -0.05) is 72.6 Å². The number of aromatic hydroxyl groups is 1. The van der Waals surface area contributed by atoms with Gasteiger partial charge >= 0.3 is 6.09 Å². The van der Waals surface area contributed by atoms with E-state index in [9.17, 15) is 20.1 Å². The number of rotatable bonds is 17. The Balaban J connectivity index is 1.45. The van der Waals surface area contributed by atoms with Crippen molar-refractivity contribution in [3.63, 3.8) is 0 Å². The number of nitrogens with zero attached hydrogens (tertiary/aromatic N) is 2. The van der Waals surface area contributed by atoms with Crippen molar-refractivity contribution in [1.82, 2.24) is 4.90 Å². The average Bonchev–Trinajstić information content (AvgIpc) is 3.23. The summed E-state index contributed by atoms with van der Waals surface area (Å²) in [6, 6.07) is 18.7. The normalized spacial score (nSPS) is 27.1. The summed E-state index contributed by atoms with van der Waals surface area (Å²) < 4.78 is 26.1. The molecule has 2 aliphatic carbocycles. The van der Waals surface area contributed by atoms with E-state index < -0.39 is 30.1 Å². The number of carbonyl (C=O) groups excluding carboxylic acids is 1. The Hall–Kier alpha value is -4.42. The van der Waals surface area contributed by atoms with E-state index in [1.807, 2.05) is 24.3 Å². The second kappa shape index (κ2) is 18.9. The number of oxime groups is 1. The zero-order chi connectivity index (χ0) is 39.8. The number of fused-ring (bicyclic) bond motifs is 3. The Kier molecular flexibility index (Phi) is 13.5. The summed E-state index contributed by atoms with van der Waals surface area (Å²) in [6.45, 7) is 7.14. The van der Waals surface area contributed by atoms with E-state index in [2.05, 4.69) is 30.9 Å². The smallest absolute Gasteiger partial charge is 0.410 e. The van der Waals surface area contributed by atoms with Crippen molar-refractivity contribution in [2.24, 2.45) is 22.9 Å². The third kappa shape index (κ3) is 8.58. The zero-order valence-corrected chi connectivity index (χ0v) is 33.1. The number of hydrogen-bond acceptors (Lipinski definition) is 10. The topological polar surface area (TPSA) is 140 Å². The van der Waals surface area contributed by atoms with Crippen LogP contribution in [0.1, 0.15) is 88.2 Å². The molecule has 11 nitrogen and oxygen atoms in total. The first-order valence-electron chi connectivity index (χ1n) is 20.9. The van der Waals surface area contributed by atoms with Gasteiger partial charge in [0.2, 0.25) is 12.1 Å². The third-order valence-electron chi connectivity index (χ3n) is 12.2. The molecule has 7 atom stereocenters. The summed E-state index contributed by atoms with van der Waals surface area (Å²) in [7, 11) is 0. The van der Waals surface area contributed by atoms with Crippen LogP contribution in [0.25, 0.3) is 10.8 Å². The molecule has 1 amide bonds. The molecule has 2 heterocycles. The molecule has 4 aliphatic rings. The van der Waals surface area contributed by atoms with Gasteiger partial charge in [-0.2, -0.15) is 0 Å². The van der Waals surface area contributed by atoms with Crippen molar-refractivity contribution < 1.29 is 43.9 Å². The molecule has 11 heteroatoms. The molecule has 7 rings (SSSR count). The quantitative estimate of drug-likeness (QED) is 0.0700. The van der Waals surface area contributed by atoms with Crippen LogP contribution in [0.3, 0.4) is 0 Å². The molecule has 1 saturated carbocycles. The first-order chi connectivity index (χ1) is 27.9. The Bertz CT molecular complexity index is 1900. The monoisotopic (exact) mass is 782 g/mol. The molecule has 0 aromatic heterocycles. The molecule has 3 aromatic rings. The summed E-state index contributed by atoms with van der Waals surface area (Å²) in [6.07, 6.45) is 10.5. The fourth-order valence-corrected chi connectivity index (χ4v) is 9.70. The molecule has 1 saturated heterocycles. The lowest BCUT2D eigenvalue weighted by Crippen LogP contribution is -2.70. The summed E-state index contributed by atoms with van der Waals surface area (Å²) >= 11 is 0. The van der Waals surface area contributed by atoms with Crippen LogP contribution in [0.2, 0.25) is 0 Å². The number of carbonyl (C=O) groups is 1. The predicted octanol–water partition coefficient (Wildman–Crippen LogP) is 8.36. The second-order valence-electron chi connectivity index (χ2n) is 15.7. The Morgan fingerprint density at radius 1 is 1.04 bits per heavy atom. The van der Waals surface area contributed by atoms with Crippen LogP contribution in [0.15, 0.2) is 90.1 Å². The number of unbranched alkanes of at least 4 members (excludes halogenated alkanes) is 2. The summed E-state index contributed by atoms with van der Waals surface area (Å²) in [5, 5.41) is 37.7. The van der Waals surface area contributed by atoms with Crippen molar-refractivity contribution in [3.05, 3.63) is 96.1 Å². The highest BCUT2D eigenvalue weighted by atomic mass is 16.8. The fourth-order valence-electron chi connectivity index (χ4n) is 9.70. The molecule has 0 bridgehead atoms. The maximum atomic E-state index is 14.5. The maximum absolute atomic E-state index is 14.5. The van der Waals surface area contributed by atoms with Crippen LogP contribution in [-0.4, -0.2) is 83.2 Å². The van der Waals surface area contributed by atoms with Gasteiger partial charge in [0.25, 0.3) is 0 Å². The van der Waals surface area contributed by atoms with Crippen molar-refractivity contribution in [3.8, 4) is 11.5 Å². The minimum absolute atomic E-state index is 0.0388. The van der Waals surface area contributed by atoms with Gasteiger partial charge in [-0.15, -0.1) is 6.58 Å². The van der Waals surface area contributed by atoms with Crippen molar-refractivity contribution in [2.75, 3.05) is 33.0 Å². The van der Waals surface area contributed by atoms with Gasteiger partial charge in [0.15, 0.2) is 0 Å². The molecule has 2 fully saturated rings. The van der Waals surface area contributed by atoms with Gasteiger partial charge in [-0.25, -0.2) is 4.79 Å². The largest absolute Gasteiger partial charge is 0.508 e. The third-order valence-corrected chi connectivity index (χ3v) is 12.2. The van der Waals surface area contributed by atoms with E-state index in [0.717, 1.165) is 72.4 Å². The van der Waals surface area contributed by atoms with E-state index in [0.29, 0.717) is 30.9 Å². The van der Waals surface area contributed by atoms with Crippen LogP contribution in [-0.2, 0) is 25.6 Å². The predicted molar refractivity (Wildman–Crippen MR) is 218 cm³/mol. The molecule has 2 aliphatic heterocycles. The number of phenols is 1. The minimum atomic E-state index is -1.45. The Morgan fingerprint density at radius 2 is 1.84 bits per heavy atom. The second-order valence-corrected chi connectivity index (χ2v) is 15.7. The van der Waals surface area contributed by atoms with Crippen molar-refractivity contribution in [2.45, 2.75) is 102 Å². The number of phenolic OH excluding ortho intramolecular Hbond substituents is 1. The van der Waals surface area contributed by atoms with Crippen LogP contribution in [0.4, 0.5) is 4.79 Å². The standard InChI is InChI=1S/C46H58N2O9/c1-3-25-55-46-41(48(45(52)53-4-2)30-33-17-13-16-31-14-5-6-18-35(31)33)29-39(47-57-42-20-9-12-26-54-42)37-27-32(15-7-10-23-49)36(19-8-11-24-50)43(44(37)46)38-28-34(51)21-22-40(38)56-46/h3,5-6,13-14,16-18,21-22,27-28,32,36,41-44,49-51H,1,4,7-12,15,19-20,23-26,29-30H2,2H3. The first-order valence-corrected chi connectivity index (χ1v) is 20.9. The number of aliphatic hydroxyl groups excluding tert-OH is 2. The lowest BCUT2D eigenvalue weighted by Gasteiger charge is -2.59. The lowest BCUT2D eigenvalue weighted by molar-refractivity contribution is -0.256. The van der Waals surface area contributed by atoms with Gasteiger partial charge in [0.1, 0.15) is 17.5 Å². The number of allylic oxidation sites excluding steroid dienone is 1. The molecule has 3 N–H and O–H groups in total. The number of benzene rings is 3. The maximum Gasteiger partial charge on any atom is 0.410 e. The molecule has 3 aromatic carbocycles. The minimum Gasteiger partial charge on any atom is -0.508 e. The molecular weight excluding hydrogens is 725 g/mol. The van der Waals surface area contributed by atoms with Gasteiger partial charge < -0.3 is 39.1 Å². The number of hydrogen-bond donors (Lipinski definition) is 3. The number of ether oxygens (including phenoxy) is 4. The van der Waals surface area contributed by atoms with E-state index in [-0.39, 0.29) is 62.9 Å². The number of amides is 1. The van der Waals surface area contributed by atoms with E-state index in [1.54, 1.807) is 36.1 Å². The SMILES string of the molecule is C=CCOC12Oc3ccc(O)cc3C3C(CCCCO)C(CCCCO)C=C(C(=NOC4CCCCO4)CC1N(Cc1cccc4ccccc14)C(=O)OCC)C32. The Morgan fingerprint density at radius 3 is 2.61 bits per heavy atom. The highest BCUT2D eigenvalue weighted by Gasteiger charge is 2.65. The number of aliphatic hydroxyl groups is 2. The summed E-state index contributed by atoms with van der Waals surface area (Å²) in [5.41, 5.74) is 3.41. The fraction of sp³-hybridized carbons (Fsp3) is 0.522. The molecular formula is C46H58N2O9. The van der Waals surface area contributed by atoms with Gasteiger partial charge in [-0.05, 0) is 97.4 Å². The first kappa shape index (κ1) is 40.8. The van der Waals surface area contributed by atoms with Crippen LogP contribution >= 0.6 is 0 Å². The molecule has 0 radical (unpaired) electrons. The highest BCUT2D eigenvalue weighted by Crippen LogP contribution is 2.62. The molecule has 0 spiro atoms. The van der Waals surface area contributed by atoms with E-state index in [1.165, 1.54) is 0 Å². The molecule has 7 unspecified atom stereocenters. The van der Waals surface area contributed by atoms with Crippen molar-refractivity contribution in [1.29, 1.82) is 0 Å². The van der Waals surface area contributed by atoms with Gasteiger partial charge in [-0.3, -0.25) is 4.90 Å². The van der Waals surface area contributed by atoms with Gasteiger partial charge in [0, 0.05) is 37.5 Å². The van der Waals surface area contributed by atoms with Crippen LogP contribution in [0, 0.1) is 17.8 Å². The zero-order valence-electron chi connectivity index (χ0n) is 33.1. The summed E-state index contributed by atoms with van der Waals surface area (Å²) in [5.74, 6) is -1.38. The molecule has 57 heavy (non-hydrogen) atoms. The van der Waals surface area contributed by atoms with Gasteiger partial charge in [0.05, 0.1) is 38.0 Å². The van der Waals surface area contributed by atoms with E-state index in [4.69, 9.17) is 28.9 Å². The Labute approximate surface area is 335 Å². The average molecular weight is 783 g/mol. The van der Waals surface area contributed by atoms with Crippen LogP contribution in [0.5, 0.6) is 11.5 Å². The lowest BCUT2D eigenvalue weighted by atomic mass is 9.55. The summed E-state index contributed by atoms with van der Waals surface area (Å²) in [4.78, 5) is 22.5. The van der Waals surface area contributed by atoms with Crippen LogP contribution < -0.4 is 4.74 Å². The highest BCUT2D eigenvalue weighted by molar-refractivity contribution is 6.03. The van der Waals surface area contributed by atoms with Crippen molar-refractivity contribution >= 4 is 22.6 Å². The molecule has 306 valence electrons.